The molecule has 0 aliphatic heterocycles. The van der Waals surface area contributed by atoms with Crippen molar-refractivity contribution >= 4 is 56.6 Å². The second kappa shape index (κ2) is 15.6. The quantitative estimate of drug-likeness (QED) is 0.113. The lowest BCUT2D eigenvalue weighted by Crippen LogP contribution is -1.95. The molecule has 0 fully saturated rings. The van der Waals surface area contributed by atoms with E-state index in [0.717, 1.165) is 9.79 Å². The van der Waals surface area contributed by atoms with Gasteiger partial charge in [-0.3, -0.25) is 9.13 Å². The summed E-state index contributed by atoms with van der Waals surface area (Å²) in [7, 11) is 6.36. The van der Waals surface area contributed by atoms with Crippen LogP contribution in [0.5, 0.6) is 23.0 Å². The lowest BCUT2D eigenvalue weighted by Gasteiger charge is -2.23. The summed E-state index contributed by atoms with van der Waals surface area (Å²) in [5.41, 5.74) is -6.26. The van der Waals surface area contributed by atoms with E-state index >= 15 is 0 Å². The zero-order valence-electron chi connectivity index (χ0n) is 23.6. The van der Waals surface area contributed by atoms with Gasteiger partial charge < -0.3 is 18.9 Å². The van der Waals surface area contributed by atoms with Gasteiger partial charge in [-0.1, -0.05) is 36.4 Å². The van der Waals surface area contributed by atoms with Crippen molar-refractivity contribution in [2.24, 2.45) is 0 Å². The summed E-state index contributed by atoms with van der Waals surface area (Å²) >= 11 is 5.17. The van der Waals surface area contributed by atoms with Crippen molar-refractivity contribution in [1.29, 1.82) is 0 Å². The minimum Gasteiger partial charge on any atom is -0.497 e. The third kappa shape index (κ3) is 9.22. The molecule has 42 heavy (non-hydrogen) atoms. The fourth-order valence-electron chi connectivity index (χ4n) is 3.76. The topological polar surface area (TPSA) is 71.1 Å². The van der Waals surface area contributed by atoms with Crippen LogP contribution in [0.3, 0.4) is 0 Å². The van der Waals surface area contributed by atoms with Gasteiger partial charge in [-0.2, -0.15) is 0 Å². The van der Waals surface area contributed by atoms with Crippen molar-refractivity contribution < 1.29 is 28.1 Å². The number of hydrogen-bond acceptors (Lipinski definition) is 10. The van der Waals surface area contributed by atoms with E-state index in [9.17, 15) is 9.13 Å². The molecule has 6 nitrogen and oxygen atoms in total. The second-order valence-corrected chi connectivity index (χ2v) is 25.2. The SMILES string of the molecule is COc1ccc(OC)c(SP(=O)(CCP(=O)(Sc2ccccc2)Sc2cc(OC)ccc2OC)Sc2ccccc2)c1. The first-order chi connectivity index (χ1) is 20.3. The standard InChI is InChI=1S/C30H32O6P2S4/c1-33-23-15-17-27(35-3)29(21-23)41-37(31,39-25-11-7-5-8-12-25)19-20-38(32,40-26-13-9-6-10-14-26)42-30-22-24(34-2)16-18-28(30)36-4/h5-18,21-22H,19-20H2,1-4H3. The van der Waals surface area contributed by atoms with Crippen molar-refractivity contribution in [3.63, 3.8) is 0 Å². The zero-order valence-corrected chi connectivity index (χ0v) is 28.7. The molecule has 2 atom stereocenters. The minimum atomic E-state index is -3.13. The Balaban J connectivity index is 1.70. The van der Waals surface area contributed by atoms with E-state index in [0.29, 0.717) is 32.8 Å². The summed E-state index contributed by atoms with van der Waals surface area (Å²) in [6, 6.07) is 30.2. The Morgan fingerprint density at radius 1 is 0.500 bits per heavy atom. The van der Waals surface area contributed by atoms with E-state index in [-0.39, 0.29) is 12.3 Å². The lowest BCUT2D eigenvalue weighted by atomic mass is 10.3. The monoisotopic (exact) mass is 678 g/mol. The van der Waals surface area contributed by atoms with Gasteiger partial charge in [0, 0.05) is 22.1 Å². The summed E-state index contributed by atoms with van der Waals surface area (Å²) in [5, 5.41) is 0. The van der Waals surface area contributed by atoms with Gasteiger partial charge in [0.2, 0.25) is 11.1 Å². The molecule has 0 bridgehead atoms. The predicted octanol–water partition coefficient (Wildman–Crippen LogP) is 10.6. The van der Waals surface area contributed by atoms with Crippen LogP contribution >= 0.6 is 56.6 Å². The van der Waals surface area contributed by atoms with Gasteiger partial charge in [0.1, 0.15) is 23.0 Å². The van der Waals surface area contributed by atoms with E-state index in [2.05, 4.69) is 0 Å². The first-order valence-electron chi connectivity index (χ1n) is 12.8. The Bertz CT molecular complexity index is 1440. The van der Waals surface area contributed by atoms with Gasteiger partial charge >= 0.3 is 0 Å². The van der Waals surface area contributed by atoms with E-state index < -0.39 is 11.1 Å². The normalized spacial score (nSPS) is 13.9. The number of methoxy groups -OCH3 is 4. The molecule has 0 heterocycles. The molecule has 222 valence electrons. The van der Waals surface area contributed by atoms with E-state index in [4.69, 9.17) is 18.9 Å². The molecule has 0 aliphatic carbocycles. The van der Waals surface area contributed by atoms with Crippen LogP contribution in [0.25, 0.3) is 0 Å². The van der Waals surface area contributed by atoms with Crippen LogP contribution in [0.15, 0.2) is 117 Å². The summed E-state index contributed by atoms with van der Waals surface area (Å²) in [6.07, 6.45) is 0.433. The summed E-state index contributed by atoms with van der Waals surface area (Å²) in [6.45, 7) is 0. The van der Waals surface area contributed by atoms with Crippen molar-refractivity contribution in [2.75, 3.05) is 40.8 Å². The van der Waals surface area contributed by atoms with Gasteiger partial charge in [-0.15, -0.1) is 0 Å². The first-order valence-corrected chi connectivity index (χ1v) is 22.3. The molecule has 0 saturated heterocycles. The lowest BCUT2D eigenvalue weighted by molar-refractivity contribution is 0.394. The highest BCUT2D eigenvalue weighted by Crippen LogP contribution is 2.79. The molecule has 0 N–H and O–H groups in total. The molecule has 0 amide bonds. The summed E-state index contributed by atoms with van der Waals surface area (Å²) in [4.78, 5) is 3.17. The maximum absolute atomic E-state index is 14.8. The second-order valence-electron chi connectivity index (χ2n) is 8.69. The van der Waals surface area contributed by atoms with Crippen LogP contribution < -0.4 is 18.9 Å². The van der Waals surface area contributed by atoms with E-state index in [1.54, 1.807) is 52.7 Å². The highest BCUT2D eigenvalue weighted by atomic mass is 33.1. The van der Waals surface area contributed by atoms with E-state index in [1.165, 1.54) is 45.5 Å². The highest BCUT2D eigenvalue weighted by Gasteiger charge is 2.34. The smallest absolute Gasteiger partial charge is 0.200 e. The number of hydrogen-bond donors (Lipinski definition) is 0. The Morgan fingerprint density at radius 3 is 1.21 bits per heavy atom. The predicted molar refractivity (Wildman–Crippen MR) is 180 cm³/mol. The van der Waals surface area contributed by atoms with Gasteiger partial charge in [0.05, 0.1) is 38.2 Å². The average molecular weight is 679 g/mol. The summed E-state index contributed by atoms with van der Waals surface area (Å²) in [5.74, 6) is 2.49. The van der Waals surface area contributed by atoms with Crippen molar-refractivity contribution in [1.82, 2.24) is 0 Å². The molecule has 0 aromatic heterocycles. The van der Waals surface area contributed by atoms with Crippen molar-refractivity contribution in [3.8, 4) is 23.0 Å². The van der Waals surface area contributed by atoms with Gasteiger partial charge in [0.15, 0.2) is 0 Å². The highest BCUT2D eigenvalue weighted by molar-refractivity contribution is 8.92. The molecule has 4 rings (SSSR count). The molecular formula is C30H32O6P2S4. The van der Waals surface area contributed by atoms with Crippen LogP contribution in [0.4, 0.5) is 0 Å². The fraction of sp³-hybridized carbons (Fsp3) is 0.200. The van der Waals surface area contributed by atoms with Gasteiger partial charge in [0.25, 0.3) is 0 Å². The van der Waals surface area contributed by atoms with Gasteiger partial charge in [-0.25, -0.2) is 0 Å². The number of ether oxygens (including phenoxy) is 4. The maximum Gasteiger partial charge on any atom is 0.200 e. The molecule has 4 aromatic carbocycles. The number of benzene rings is 4. The van der Waals surface area contributed by atoms with Crippen LogP contribution in [-0.4, -0.2) is 40.8 Å². The molecule has 4 aromatic rings. The van der Waals surface area contributed by atoms with Gasteiger partial charge in [-0.05, 0) is 106 Å². The Hall–Kier alpha value is -2.06. The molecule has 0 radical (unpaired) electrons. The zero-order chi connectivity index (χ0) is 30.0. The fourth-order valence-corrected chi connectivity index (χ4v) is 22.0. The summed E-state index contributed by atoms with van der Waals surface area (Å²) < 4.78 is 51.7. The third-order valence-electron chi connectivity index (χ3n) is 5.84. The largest absolute Gasteiger partial charge is 0.497 e. The third-order valence-corrected chi connectivity index (χ3v) is 21.5. The minimum absolute atomic E-state index is 0.216. The molecule has 0 spiro atoms. The Labute approximate surface area is 263 Å². The molecule has 0 aliphatic rings. The molecule has 12 heteroatoms. The van der Waals surface area contributed by atoms with Crippen LogP contribution in [-0.2, 0) is 9.13 Å². The Kier molecular flexibility index (Phi) is 12.2. The van der Waals surface area contributed by atoms with Crippen LogP contribution in [0.2, 0.25) is 0 Å². The van der Waals surface area contributed by atoms with E-state index in [1.807, 2.05) is 72.8 Å². The molecule has 0 saturated carbocycles. The van der Waals surface area contributed by atoms with Crippen molar-refractivity contribution in [3.05, 3.63) is 97.1 Å². The first kappa shape index (κ1) is 32.8. The molecule has 2 unspecified atom stereocenters. The van der Waals surface area contributed by atoms with Crippen molar-refractivity contribution in [2.45, 2.75) is 19.6 Å². The Morgan fingerprint density at radius 2 is 0.881 bits per heavy atom. The number of rotatable bonds is 15. The van der Waals surface area contributed by atoms with Crippen LogP contribution in [0, 0.1) is 0 Å². The maximum atomic E-state index is 14.8. The molecular weight excluding hydrogens is 647 g/mol. The average Bonchev–Trinajstić information content (AvgIpc) is 3.01. The van der Waals surface area contributed by atoms with Crippen LogP contribution in [0.1, 0.15) is 0 Å².